The van der Waals surface area contributed by atoms with Crippen LogP contribution in [0.4, 0.5) is 0 Å². The summed E-state index contributed by atoms with van der Waals surface area (Å²) in [6.07, 6.45) is 0.306. The summed E-state index contributed by atoms with van der Waals surface area (Å²) in [5.74, 6) is -3.64. The second-order valence-electron chi connectivity index (χ2n) is 8.45. The van der Waals surface area contributed by atoms with E-state index >= 15 is 0 Å². The molecular weight excluding hydrogens is 536 g/mol. The molecule has 0 aromatic rings. The van der Waals surface area contributed by atoms with Crippen molar-refractivity contribution in [2.24, 2.45) is 0 Å². The Hall–Kier alpha value is -3.18. The first-order valence-electron chi connectivity index (χ1n) is 12.8. The van der Waals surface area contributed by atoms with E-state index in [2.05, 4.69) is 21.3 Å². The predicted molar refractivity (Wildman–Crippen MR) is 138 cm³/mol. The molecule has 230 valence electrons. The van der Waals surface area contributed by atoms with E-state index in [0.717, 1.165) is 0 Å². The van der Waals surface area contributed by atoms with Gasteiger partial charge in [0.15, 0.2) is 0 Å². The molecule has 40 heavy (non-hydrogen) atoms. The van der Waals surface area contributed by atoms with Crippen molar-refractivity contribution in [2.45, 2.75) is 44.7 Å². The maximum absolute atomic E-state index is 11.8. The van der Waals surface area contributed by atoms with Crippen LogP contribution in [-0.4, -0.2) is 131 Å². The third kappa shape index (κ3) is 21.7. The molecule has 1 unspecified atom stereocenters. The van der Waals surface area contributed by atoms with Crippen molar-refractivity contribution < 1.29 is 57.9 Å². The molecule has 0 saturated heterocycles. The lowest BCUT2D eigenvalue weighted by Crippen LogP contribution is -2.42. The number of likely N-dealkylation sites (N-methyl/N-ethyl adjacent to an activating group) is 1. The van der Waals surface area contributed by atoms with Crippen molar-refractivity contribution in [3.05, 3.63) is 0 Å². The topological polar surface area (TPSA) is 228 Å². The Balaban J connectivity index is 3.59. The van der Waals surface area contributed by atoms with E-state index in [4.69, 9.17) is 29.2 Å². The van der Waals surface area contributed by atoms with E-state index in [1.54, 1.807) is 0 Å². The molecule has 0 rings (SSSR count). The van der Waals surface area contributed by atoms with Crippen LogP contribution in [0.3, 0.4) is 0 Å². The van der Waals surface area contributed by atoms with Crippen LogP contribution in [0.1, 0.15) is 32.6 Å². The van der Waals surface area contributed by atoms with Crippen molar-refractivity contribution >= 4 is 35.4 Å². The molecule has 0 bridgehead atoms. The van der Waals surface area contributed by atoms with Crippen LogP contribution >= 0.6 is 0 Å². The Morgan fingerprint density at radius 3 is 1.60 bits per heavy atom. The van der Waals surface area contributed by atoms with Gasteiger partial charge in [0.2, 0.25) is 17.7 Å². The minimum absolute atomic E-state index is 0.00293. The molecule has 0 aliphatic carbocycles. The number of amides is 3. The molecular formula is C24H42N4O12. The Bertz CT molecular complexity index is 796. The lowest BCUT2D eigenvalue weighted by Gasteiger charge is -2.14. The monoisotopic (exact) mass is 578 g/mol. The van der Waals surface area contributed by atoms with Gasteiger partial charge in [-0.3, -0.25) is 19.2 Å². The number of nitrogens with one attached hydrogen (secondary N) is 4. The quantitative estimate of drug-likeness (QED) is 0.0593. The molecule has 0 aliphatic rings. The molecule has 16 heteroatoms. The first-order valence-corrected chi connectivity index (χ1v) is 12.8. The van der Waals surface area contributed by atoms with Gasteiger partial charge in [-0.15, -0.1) is 0 Å². The van der Waals surface area contributed by atoms with Gasteiger partial charge in [-0.1, -0.05) is 0 Å². The van der Waals surface area contributed by atoms with E-state index in [1.807, 2.05) is 0 Å². The van der Waals surface area contributed by atoms with Gasteiger partial charge < -0.3 is 55.2 Å². The van der Waals surface area contributed by atoms with Gasteiger partial charge in [-0.05, 0) is 26.8 Å². The van der Waals surface area contributed by atoms with Crippen LogP contribution in [0.2, 0.25) is 0 Å². The van der Waals surface area contributed by atoms with Gasteiger partial charge in [0.1, 0.15) is 31.1 Å². The number of ether oxygens (including phenoxy) is 4. The molecule has 0 fully saturated rings. The second kappa shape index (κ2) is 23.7. The molecule has 0 heterocycles. The van der Waals surface area contributed by atoms with E-state index in [9.17, 15) is 28.8 Å². The average Bonchev–Trinajstić information content (AvgIpc) is 2.89. The molecule has 3 amide bonds. The van der Waals surface area contributed by atoms with Crippen LogP contribution in [0.25, 0.3) is 0 Å². The molecule has 0 saturated carbocycles. The summed E-state index contributed by atoms with van der Waals surface area (Å²) in [6.45, 7) is 2.40. The molecule has 2 atom stereocenters. The maximum atomic E-state index is 11.8. The van der Waals surface area contributed by atoms with Gasteiger partial charge in [-0.25, -0.2) is 4.79 Å². The zero-order chi connectivity index (χ0) is 30.2. The van der Waals surface area contributed by atoms with E-state index in [-0.39, 0.29) is 109 Å². The fourth-order valence-corrected chi connectivity index (χ4v) is 2.94. The number of carbonyl (C=O) groups excluding carboxylic acids is 4. The lowest BCUT2D eigenvalue weighted by molar-refractivity contribution is -0.143. The summed E-state index contributed by atoms with van der Waals surface area (Å²) in [4.78, 5) is 68.1. The Morgan fingerprint density at radius 1 is 0.625 bits per heavy atom. The number of carboxylic acid groups (broad SMARTS) is 2. The third-order valence-electron chi connectivity index (χ3n) is 5.07. The Kier molecular flexibility index (Phi) is 21.8. The largest absolute Gasteiger partial charge is 0.480 e. The van der Waals surface area contributed by atoms with Crippen LogP contribution in [0, 0.1) is 0 Å². The molecule has 16 nitrogen and oxygen atoms in total. The van der Waals surface area contributed by atoms with Gasteiger partial charge >= 0.3 is 11.9 Å². The first kappa shape index (κ1) is 36.8. The Morgan fingerprint density at radius 2 is 1.10 bits per heavy atom. The predicted octanol–water partition coefficient (Wildman–Crippen LogP) is -2.32. The Labute approximate surface area is 232 Å². The number of carbonyl (C=O) groups is 6. The zero-order valence-corrected chi connectivity index (χ0v) is 23.0. The van der Waals surface area contributed by atoms with E-state index < -0.39 is 29.9 Å². The summed E-state index contributed by atoms with van der Waals surface area (Å²) >= 11 is 0. The van der Waals surface area contributed by atoms with Crippen molar-refractivity contribution in [3.63, 3.8) is 0 Å². The average molecular weight is 579 g/mol. The van der Waals surface area contributed by atoms with Gasteiger partial charge in [-0.2, -0.15) is 0 Å². The van der Waals surface area contributed by atoms with Gasteiger partial charge in [0, 0.05) is 25.9 Å². The van der Waals surface area contributed by atoms with Crippen molar-refractivity contribution in [3.8, 4) is 0 Å². The highest BCUT2D eigenvalue weighted by Gasteiger charge is 2.20. The van der Waals surface area contributed by atoms with Crippen molar-refractivity contribution in [2.75, 3.05) is 73.0 Å². The summed E-state index contributed by atoms with van der Waals surface area (Å²) in [6, 6.07) is -1.93. The number of carboxylic acids is 2. The molecule has 0 aromatic heterocycles. The SMILES string of the molecule is CN[C@@H](CCC(=O)NCCOCCOCC(=O)NCCOCCOCC(=O)NC(CCC(C)=O)C(=O)O)C(=O)O. The molecule has 0 aliphatic heterocycles. The number of hydrogen-bond donors (Lipinski definition) is 6. The summed E-state index contributed by atoms with van der Waals surface area (Å²) in [5, 5.41) is 28.1. The molecule has 0 spiro atoms. The summed E-state index contributed by atoms with van der Waals surface area (Å²) < 4.78 is 20.9. The number of ketones is 1. The van der Waals surface area contributed by atoms with Gasteiger partial charge in [0.25, 0.3) is 0 Å². The molecule has 0 aromatic carbocycles. The van der Waals surface area contributed by atoms with Crippen molar-refractivity contribution in [1.82, 2.24) is 21.3 Å². The maximum Gasteiger partial charge on any atom is 0.326 e. The number of hydrogen-bond acceptors (Lipinski definition) is 11. The standard InChI is InChI=1S/C24H42N4O12/c1-17(29)3-4-19(24(35)36)28-22(32)16-40-14-12-38-10-8-27-21(31)15-39-13-11-37-9-7-26-20(30)6-5-18(25-2)23(33)34/h18-19,25H,3-16H2,1-2H3,(H,26,30)(H,27,31)(H,28,32)(H,33,34)(H,35,36)/t18-,19?/m0/s1. The lowest BCUT2D eigenvalue weighted by atomic mass is 10.1. The van der Waals surface area contributed by atoms with Gasteiger partial charge in [0.05, 0.1) is 39.6 Å². The van der Waals surface area contributed by atoms with Crippen molar-refractivity contribution in [1.29, 1.82) is 0 Å². The highest BCUT2D eigenvalue weighted by Crippen LogP contribution is 1.99. The third-order valence-corrected chi connectivity index (χ3v) is 5.07. The van der Waals surface area contributed by atoms with E-state index in [0.29, 0.717) is 0 Å². The summed E-state index contributed by atoms with van der Waals surface area (Å²) in [7, 11) is 1.52. The van der Waals surface area contributed by atoms with Crippen LogP contribution in [0.5, 0.6) is 0 Å². The number of Topliss-reactive ketones (excluding diaryl/α,β-unsaturated/α-hetero) is 1. The zero-order valence-electron chi connectivity index (χ0n) is 23.0. The normalized spacial score (nSPS) is 12.2. The highest BCUT2D eigenvalue weighted by atomic mass is 16.5. The van der Waals surface area contributed by atoms with Crippen LogP contribution < -0.4 is 21.3 Å². The first-order chi connectivity index (χ1) is 19.1. The van der Waals surface area contributed by atoms with Crippen LogP contribution in [0.15, 0.2) is 0 Å². The number of aliphatic carboxylic acids is 2. The van der Waals surface area contributed by atoms with E-state index in [1.165, 1.54) is 14.0 Å². The highest BCUT2D eigenvalue weighted by molar-refractivity contribution is 5.85. The minimum atomic E-state index is -1.23. The molecule has 0 radical (unpaired) electrons. The second-order valence-corrected chi connectivity index (χ2v) is 8.45. The smallest absolute Gasteiger partial charge is 0.326 e. The minimum Gasteiger partial charge on any atom is -0.480 e. The number of rotatable bonds is 26. The van der Waals surface area contributed by atoms with Crippen LogP contribution in [-0.2, 0) is 47.7 Å². The molecule has 6 N–H and O–H groups in total. The fourth-order valence-electron chi connectivity index (χ4n) is 2.94. The summed E-state index contributed by atoms with van der Waals surface area (Å²) in [5.41, 5.74) is 0. The fraction of sp³-hybridized carbons (Fsp3) is 0.750.